The smallest absolute Gasteiger partial charge is 0.202 e. The van der Waals surface area contributed by atoms with Crippen molar-refractivity contribution in [2.45, 2.75) is 90.4 Å². The van der Waals surface area contributed by atoms with Crippen LogP contribution in [0.2, 0.25) is 0 Å². The zero-order chi connectivity index (χ0) is 24.4. The molecule has 4 heteroatoms. The van der Waals surface area contributed by atoms with Crippen molar-refractivity contribution in [3.8, 4) is 0 Å². The summed E-state index contributed by atoms with van der Waals surface area (Å²) in [4.78, 5) is 24.5. The molecule has 0 amide bonds. The Balaban J connectivity index is 1.13. The molecule has 1 aromatic rings. The average molecular weight is 479 g/mol. The topological polar surface area (TPSA) is 44.8 Å². The Kier molecular flexibility index (Phi) is 5.82. The Morgan fingerprint density at radius 2 is 1.71 bits per heavy atom. The molecule has 190 valence electrons. The predicted octanol–water partition coefficient (Wildman–Crippen LogP) is 6.99. The second-order valence-electron chi connectivity index (χ2n) is 12.9. The van der Waals surface area contributed by atoms with E-state index in [0.717, 1.165) is 54.6 Å². The summed E-state index contributed by atoms with van der Waals surface area (Å²) in [6.45, 7) is 11.6. The zero-order valence-corrected chi connectivity index (χ0v) is 21.8. The highest BCUT2D eigenvalue weighted by Gasteiger charge is 2.62. The molecule has 1 spiro atoms. The van der Waals surface area contributed by atoms with Crippen molar-refractivity contribution >= 4 is 11.4 Å². The van der Waals surface area contributed by atoms with Gasteiger partial charge in [0.1, 0.15) is 11.9 Å². The largest absolute Gasteiger partial charge is 0.344 e. The van der Waals surface area contributed by atoms with Gasteiger partial charge in [0.25, 0.3) is 0 Å². The summed E-state index contributed by atoms with van der Waals surface area (Å²) in [5.74, 6) is 2.96. The molecule has 1 aliphatic heterocycles. The first-order chi connectivity index (χ1) is 16.8. The normalized spacial score (nSPS) is 46.9. The van der Waals surface area contributed by atoms with E-state index >= 15 is 0 Å². The number of ketones is 1. The third-order valence-corrected chi connectivity index (χ3v) is 11.5. The van der Waals surface area contributed by atoms with Crippen LogP contribution in [0.1, 0.15) is 84.1 Å². The summed E-state index contributed by atoms with van der Waals surface area (Å²) in [5, 5.41) is 0. The minimum Gasteiger partial charge on any atom is -0.344 e. The van der Waals surface area contributed by atoms with Gasteiger partial charge in [0.2, 0.25) is 5.79 Å². The molecule has 4 saturated carbocycles. The highest BCUT2D eigenvalue weighted by molar-refractivity contribution is 5.79. The van der Waals surface area contributed by atoms with Gasteiger partial charge in [-0.15, -0.1) is 0 Å². The van der Waals surface area contributed by atoms with Gasteiger partial charge in [-0.2, -0.15) is 0 Å². The van der Waals surface area contributed by atoms with E-state index in [1.54, 1.807) is 0 Å². The highest BCUT2D eigenvalue weighted by Crippen LogP contribution is 2.68. The van der Waals surface area contributed by atoms with Crippen molar-refractivity contribution in [2.75, 3.05) is 6.61 Å². The van der Waals surface area contributed by atoms with Gasteiger partial charge in [0.05, 0.1) is 6.61 Å². The predicted molar refractivity (Wildman–Crippen MR) is 136 cm³/mol. The quantitative estimate of drug-likeness (QED) is 0.439. The molecule has 0 aromatic heterocycles. The van der Waals surface area contributed by atoms with E-state index in [-0.39, 0.29) is 17.4 Å². The molecule has 1 saturated heterocycles. The van der Waals surface area contributed by atoms with E-state index in [0.29, 0.717) is 23.7 Å². The second kappa shape index (κ2) is 8.53. The lowest BCUT2D eigenvalue weighted by atomic mass is 9.44. The number of fused-ring (bicyclic) bond motifs is 5. The first-order valence-corrected chi connectivity index (χ1v) is 14.0. The van der Waals surface area contributed by atoms with Gasteiger partial charge in [-0.05, 0) is 97.5 Å². The molecule has 5 fully saturated rings. The summed E-state index contributed by atoms with van der Waals surface area (Å²) >= 11 is 0. The van der Waals surface area contributed by atoms with Gasteiger partial charge in [-0.3, -0.25) is 4.79 Å². The van der Waals surface area contributed by atoms with Crippen LogP contribution >= 0.6 is 0 Å². The van der Waals surface area contributed by atoms with Gasteiger partial charge in [-0.25, -0.2) is 9.78 Å². The molecule has 0 N–H and O–H groups in total. The third-order valence-electron chi connectivity index (χ3n) is 11.5. The number of rotatable bonds is 3. The van der Waals surface area contributed by atoms with Crippen molar-refractivity contribution in [3.63, 3.8) is 0 Å². The fourth-order valence-corrected chi connectivity index (χ4v) is 9.49. The summed E-state index contributed by atoms with van der Waals surface area (Å²) < 4.78 is 6.47. The number of hydrogen-bond acceptors (Lipinski definition) is 4. The summed E-state index contributed by atoms with van der Waals surface area (Å²) in [5.41, 5.74) is 2.54. The van der Waals surface area contributed by atoms with Gasteiger partial charge in [0, 0.05) is 18.8 Å². The van der Waals surface area contributed by atoms with E-state index in [1.807, 2.05) is 25.1 Å². The first-order valence-electron chi connectivity index (χ1n) is 14.0. The van der Waals surface area contributed by atoms with E-state index < -0.39 is 5.79 Å². The Hall–Kier alpha value is -1.49. The Morgan fingerprint density at radius 1 is 0.943 bits per heavy atom. The number of benzene rings is 1. The first kappa shape index (κ1) is 23.9. The maximum absolute atomic E-state index is 12.4. The number of hydrogen-bond donors (Lipinski definition) is 0. The van der Waals surface area contributed by atoms with E-state index in [1.165, 1.54) is 32.1 Å². The maximum atomic E-state index is 12.4. The molecular formula is C31H42O4. The van der Waals surface area contributed by atoms with Crippen LogP contribution in [0.3, 0.4) is 0 Å². The zero-order valence-electron chi connectivity index (χ0n) is 21.8. The molecule has 2 unspecified atom stereocenters. The lowest BCUT2D eigenvalue weighted by Gasteiger charge is -2.62. The highest BCUT2D eigenvalue weighted by atomic mass is 17.2. The van der Waals surface area contributed by atoms with Crippen molar-refractivity contribution in [1.82, 2.24) is 0 Å². The maximum Gasteiger partial charge on any atom is 0.202 e. The minimum absolute atomic E-state index is 0.228. The Labute approximate surface area is 210 Å². The SMILES string of the molecule is C=C(c1ccccc1)C1COC2(CC[C@@]3(C)[C@H](CC[C@@H]4[C@@H]3CC[C@]3(C)[C@@H](C(C)=O)CC[C@@H]43)C2)OO1. The number of Topliss-reactive ketones (excluding diaryl/α,β-unsaturated/α-hetero) is 1. The Bertz CT molecular complexity index is 979. The van der Waals surface area contributed by atoms with Crippen LogP contribution in [-0.4, -0.2) is 24.3 Å². The minimum atomic E-state index is -0.610. The van der Waals surface area contributed by atoms with Crippen LogP contribution in [0.15, 0.2) is 36.9 Å². The molecule has 6 rings (SSSR count). The molecule has 4 aliphatic carbocycles. The molecule has 35 heavy (non-hydrogen) atoms. The van der Waals surface area contributed by atoms with Crippen molar-refractivity contribution in [3.05, 3.63) is 42.5 Å². The summed E-state index contributed by atoms with van der Waals surface area (Å²) in [6, 6.07) is 10.2. The van der Waals surface area contributed by atoms with E-state index in [4.69, 9.17) is 14.5 Å². The molecule has 4 nitrogen and oxygen atoms in total. The van der Waals surface area contributed by atoms with E-state index in [9.17, 15) is 4.79 Å². The van der Waals surface area contributed by atoms with Gasteiger partial charge in [-0.1, -0.05) is 50.8 Å². The summed E-state index contributed by atoms with van der Waals surface area (Å²) in [7, 11) is 0. The van der Waals surface area contributed by atoms with Crippen LogP contribution in [0, 0.1) is 40.4 Å². The van der Waals surface area contributed by atoms with Crippen LogP contribution in [0.25, 0.3) is 5.57 Å². The van der Waals surface area contributed by atoms with Crippen LogP contribution in [0.4, 0.5) is 0 Å². The molecular weight excluding hydrogens is 436 g/mol. The second-order valence-corrected chi connectivity index (χ2v) is 12.9. The number of carbonyl (C=O) groups is 1. The lowest BCUT2D eigenvalue weighted by molar-refractivity contribution is -0.489. The Morgan fingerprint density at radius 3 is 2.43 bits per heavy atom. The van der Waals surface area contributed by atoms with E-state index in [2.05, 4.69) is 32.6 Å². The number of ether oxygens (including phenoxy) is 1. The third kappa shape index (κ3) is 3.69. The fourth-order valence-electron chi connectivity index (χ4n) is 9.49. The monoisotopic (exact) mass is 478 g/mol. The molecule has 5 aliphatic rings. The van der Waals surface area contributed by atoms with Gasteiger partial charge < -0.3 is 4.74 Å². The number of carbonyl (C=O) groups excluding carboxylic acids is 1. The average Bonchev–Trinajstić information content (AvgIpc) is 3.23. The van der Waals surface area contributed by atoms with Gasteiger partial charge in [0.15, 0.2) is 0 Å². The van der Waals surface area contributed by atoms with Crippen LogP contribution < -0.4 is 0 Å². The van der Waals surface area contributed by atoms with Crippen molar-refractivity contribution in [2.24, 2.45) is 40.4 Å². The standard InChI is InChI=1S/C31H42O4/c1-20(22-8-6-5-7-9-22)28-19-33-31(35-34-28)17-16-29(3)23(18-31)10-11-24-26-13-12-25(21(2)32)30(26,4)15-14-27(24)29/h5-9,23-28H,1,10-19H2,2-4H3/t23-,24+,25-,26+,27+,28?,29+,30-,31?/m1/s1. The molecule has 1 aromatic carbocycles. The van der Waals surface area contributed by atoms with Crippen LogP contribution in [0.5, 0.6) is 0 Å². The molecule has 1 heterocycles. The molecule has 0 bridgehead atoms. The molecule has 9 atom stereocenters. The fraction of sp³-hybridized carbons (Fsp3) is 0.710. The molecule has 0 radical (unpaired) electrons. The lowest BCUT2D eigenvalue weighted by Crippen LogP contribution is -2.58. The van der Waals surface area contributed by atoms with Crippen molar-refractivity contribution < 1.29 is 19.3 Å². The van der Waals surface area contributed by atoms with Gasteiger partial charge >= 0.3 is 0 Å². The summed E-state index contributed by atoms with van der Waals surface area (Å²) in [6.07, 6.45) is 10.1. The van der Waals surface area contributed by atoms with Crippen molar-refractivity contribution in [1.29, 1.82) is 0 Å². The van der Waals surface area contributed by atoms with Crippen LogP contribution in [-0.2, 0) is 19.3 Å².